The minimum absolute atomic E-state index is 0.146. The van der Waals surface area contributed by atoms with E-state index in [9.17, 15) is 14.0 Å². The summed E-state index contributed by atoms with van der Waals surface area (Å²) in [5.74, 6) is -1.92. The van der Waals surface area contributed by atoms with Crippen molar-refractivity contribution in [2.75, 3.05) is 5.32 Å². The molecule has 4 nitrogen and oxygen atoms in total. The molecule has 0 fully saturated rings. The van der Waals surface area contributed by atoms with E-state index in [0.717, 1.165) is 6.08 Å². The number of halogens is 1. The summed E-state index contributed by atoms with van der Waals surface area (Å²) in [5, 5.41) is 11.1. The maximum Gasteiger partial charge on any atom is 0.328 e. The Morgan fingerprint density at radius 3 is 2.50 bits per heavy atom. The molecule has 108 valence electrons. The van der Waals surface area contributed by atoms with E-state index in [0.29, 0.717) is 12.1 Å². The molecular weight excluding hydrogens is 261 g/mol. The van der Waals surface area contributed by atoms with Crippen molar-refractivity contribution in [3.05, 3.63) is 35.7 Å². The summed E-state index contributed by atoms with van der Waals surface area (Å²) in [6.45, 7) is 5.81. The number of hydrogen-bond donors (Lipinski definition) is 2. The fourth-order valence-corrected chi connectivity index (χ4v) is 1.59. The summed E-state index contributed by atoms with van der Waals surface area (Å²) in [4.78, 5) is 22.1. The molecule has 0 aromatic heterocycles. The normalized spacial score (nSPS) is 11.6. The molecule has 0 atom stereocenters. The first-order valence-electron chi connectivity index (χ1n) is 6.18. The highest BCUT2D eigenvalue weighted by atomic mass is 19.1. The van der Waals surface area contributed by atoms with Crippen molar-refractivity contribution >= 4 is 23.6 Å². The summed E-state index contributed by atoms with van der Waals surface area (Å²) >= 11 is 0. The maximum absolute atomic E-state index is 13.7. The lowest BCUT2D eigenvalue weighted by atomic mass is 9.92. The van der Waals surface area contributed by atoms with Gasteiger partial charge in [0.1, 0.15) is 5.82 Å². The number of rotatable bonds is 4. The predicted octanol–water partition coefficient (Wildman–Crippen LogP) is 3.30. The Morgan fingerprint density at radius 2 is 2.00 bits per heavy atom. The number of amides is 1. The number of carbonyl (C=O) groups is 2. The lowest BCUT2D eigenvalue weighted by molar-refractivity contribution is -0.131. The molecule has 0 aliphatic heterocycles. The monoisotopic (exact) mass is 279 g/mol. The number of aliphatic carboxylic acids is 1. The zero-order valence-corrected chi connectivity index (χ0v) is 11.7. The van der Waals surface area contributed by atoms with Gasteiger partial charge in [-0.15, -0.1) is 0 Å². The Kier molecular flexibility index (Phi) is 5.02. The third kappa shape index (κ3) is 5.65. The molecule has 0 unspecified atom stereocenters. The van der Waals surface area contributed by atoms with Crippen molar-refractivity contribution in [1.82, 2.24) is 0 Å². The van der Waals surface area contributed by atoms with E-state index in [1.54, 1.807) is 0 Å². The molecule has 0 spiro atoms. The SMILES string of the molecule is CC(C)(C)CC(=O)Nc1ccc(C=CC(=O)O)c(F)c1. The molecule has 1 aromatic carbocycles. The number of carboxylic acids is 1. The smallest absolute Gasteiger partial charge is 0.328 e. The number of carboxylic acid groups (broad SMARTS) is 1. The quantitative estimate of drug-likeness (QED) is 0.831. The molecule has 20 heavy (non-hydrogen) atoms. The van der Waals surface area contributed by atoms with Crippen LogP contribution in [0, 0.1) is 11.2 Å². The van der Waals surface area contributed by atoms with Gasteiger partial charge < -0.3 is 10.4 Å². The van der Waals surface area contributed by atoms with E-state index >= 15 is 0 Å². The van der Waals surface area contributed by atoms with E-state index in [1.807, 2.05) is 20.8 Å². The largest absolute Gasteiger partial charge is 0.478 e. The molecule has 2 N–H and O–H groups in total. The van der Waals surface area contributed by atoms with Crippen LogP contribution < -0.4 is 5.32 Å². The molecule has 0 aliphatic rings. The van der Waals surface area contributed by atoms with Crippen molar-refractivity contribution < 1.29 is 19.1 Å². The number of nitrogens with one attached hydrogen (secondary N) is 1. The van der Waals surface area contributed by atoms with Gasteiger partial charge in [-0.25, -0.2) is 9.18 Å². The maximum atomic E-state index is 13.7. The second-order valence-corrected chi connectivity index (χ2v) is 5.69. The van der Waals surface area contributed by atoms with Crippen molar-refractivity contribution in [3.8, 4) is 0 Å². The predicted molar refractivity (Wildman–Crippen MR) is 75.8 cm³/mol. The average molecular weight is 279 g/mol. The minimum atomic E-state index is -1.15. The molecule has 5 heteroatoms. The van der Waals surface area contributed by atoms with Gasteiger partial charge >= 0.3 is 5.97 Å². The molecule has 0 radical (unpaired) electrons. The first-order chi connectivity index (χ1) is 9.17. The van der Waals surface area contributed by atoms with Gasteiger partial charge in [-0.3, -0.25) is 4.79 Å². The van der Waals surface area contributed by atoms with Gasteiger partial charge in [-0.1, -0.05) is 20.8 Å². The molecule has 0 heterocycles. The molecule has 0 bridgehead atoms. The van der Waals surface area contributed by atoms with Gasteiger partial charge in [0.05, 0.1) is 0 Å². The molecule has 0 saturated carbocycles. The lowest BCUT2D eigenvalue weighted by Gasteiger charge is -2.17. The van der Waals surface area contributed by atoms with Gasteiger partial charge in [0.25, 0.3) is 0 Å². The first-order valence-corrected chi connectivity index (χ1v) is 6.18. The van der Waals surface area contributed by atoms with Crippen LogP contribution in [0.25, 0.3) is 6.08 Å². The van der Waals surface area contributed by atoms with Crippen molar-refractivity contribution in [1.29, 1.82) is 0 Å². The molecule has 0 saturated heterocycles. The Hall–Kier alpha value is -2.17. The fourth-order valence-electron chi connectivity index (χ4n) is 1.59. The zero-order chi connectivity index (χ0) is 15.3. The van der Waals surface area contributed by atoms with Crippen LogP contribution in [0.2, 0.25) is 0 Å². The van der Waals surface area contributed by atoms with Gasteiger partial charge in [0.2, 0.25) is 5.91 Å². The topological polar surface area (TPSA) is 66.4 Å². The average Bonchev–Trinajstić information content (AvgIpc) is 2.24. The van der Waals surface area contributed by atoms with E-state index in [4.69, 9.17) is 5.11 Å². The highest BCUT2D eigenvalue weighted by Crippen LogP contribution is 2.21. The van der Waals surface area contributed by atoms with Crippen LogP contribution in [0.3, 0.4) is 0 Å². The van der Waals surface area contributed by atoms with E-state index in [-0.39, 0.29) is 16.9 Å². The summed E-state index contributed by atoms with van der Waals surface area (Å²) < 4.78 is 13.7. The van der Waals surface area contributed by atoms with Crippen LogP contribution in [0.5, 0.6) is 0 Å². The first kappa shape index (κ1) is 15.9. The van der Waals surface area contributed by atoms with Crippen LogP contribution >= 0.6 is 0 Å². The molecule has 1 amide bonds. The summed E-state index contributed by atoms with van der Waals surface area (Å²) in [6, 6.07) is 4.12. The molecule has 1 rings (SSSR count). The van der Waals surface area contributed by atoms with Crippen LogP contribution in [0.1, 0.15) is 32.8 Å². The van der Waals surface area contributed by atoms with E-state index in [2.05, 4.69) is 5.32 Å². The fraction of sp³-hybridized carbons (Fsp3) is 0.333. The van der Waals surface area contributed by atoms with Gasteiger partial charge in [-0.2, -0.15) is 0 Å². The highest BCUT2D eigenvalue weighted by Gasteiger charge is 2.16. The Labute approximate surface area is 117 Å². The second kappa shape index (κ2) is 6.32. The third-order valence-electron chi connectivity index (χ3n) is 2.38. The van der Waals surface area contributed by atoms with Crippen LogP contribution in [-0.4, -0.2) is 17.0 Å². The number of benzene rings is 1. The van der Waals surface area contributed by atoms with Crippen LogP contribution in [0.4, 0.5) is 10.1 Å². The molecular formula is C15H18FNO3. The molecule has 1 aromatic rings. The van der Waals surface area contributed by atoms with Crippen molar-refractivity contribution in [2.45, 2.75) is 27.2 Å². The van der Waals surface area contributed by atoms with Crippen molar-refractivity contribution in [2.24, 2.45) is 5.41 Å². The van der Waals surface area contributed by atoms with Crippen molar-refractivity contribution in [3.63, 3.8) is 0 Å². The van der Waals surface area contributed by atoms with Crippen LogP contribution in [0.15, 0.2) is 24.3 Å². The number of anilines is 1. The van der Waals surface area contributed by atoms with E-state index in [1.165, 1.54) is 24.3 Å². The lowest BCUT2D eigenvalue weighted by Crippen LogP contribution is -2.19. The van der Waals surface area contributed by atoms with E-state index < -0.39 is 11.8 Å². The van der Waals surface area contributed by atoms with Crippen LogP contribution in [-0.2, 0) is 9.59 Å². The highest BCUT2D eigenvalue weighted by molar-refractivity contribution is 5.91. The number of hydrogen-bond acceptors (Lipinski definition) is 2. The third-order valence-corrected chi connectivity index (χ3v) is 2.38. The number of carbonyl (C=O) groups excluding carboxylic acids is 1. The summed E-state index contributed by atoms with van der Waals surface area (Å²) in [6.07, 6.45) is 2.35. The van der Waals surface area contributed by atoms with Gasteiger partial charge in [0, 0.05) is 23.7 Å². The van der Waals surface area contributed by atoms with Gasteiger partial charge in [-0.05, 0) is 29.7 Å². The Balaban J connectivity index is 2.78. The minimum Gasteiger partial charge on any atom is -0.478 e. The Morgan fingerprint density at radius 1 is 1.35 bits per heavy atom. The molecule has 0 aliphatic carbocycles. The summed E-state index contributed by atoms with van der Waals surface area (Å²) in [5.41, 5.74) is 0.359. The zero-order valence-electron chi connectivity index (χ0n) is 11.7. The van der Waals surface area contributed by atoms with Gasteiger partial charge in [0.15, 0.2) is 0 Å². The standard InChI is InChI=1S/C15H18FNO3/c1-15(2,3)9-13(18)17-11-6-4-10(12(16)8-11)5-7-14(19)20/h4-8H,9H2,1-3H3,(H,17,18)(H,19,20). The second-order valence-electron chi connectivity index (χ2n) is 5.69. The Bertz CT molecular complexity index is 545. The summed E-state index contributed by atoms with van der Waals surface area (Å²) in [7, 11) is 0.